The van der Waals surface area contributed by atoms with E-state index >= 15 is 0 Å². The second kappa shape index (κ2) is 7.54. The fourth-order valence-corrected chi connectivity index (χ4v) is 3.38. The summed E-state index contributed by atoms with van der Waals surface area (Å²) in [6.45, 7) is 1.37. The average Bonchev–Trinajstić information content (AvgIpc) is 2.90. The average molecular weight is 368 g/mol. The molecule has 0 aliphatic heterocycles. The van der Waals surface area contributed by atoms with E-state index in [-0.39, 0.29) is 18.3 Å². The number of benzene rings is 1. The van der Waals surface area contributed by atoms with Gasteiger partial charge in [0.15, 0.2) is 15.0 Å². The van der Waals surface area contributed by atoms with Crippen molar-refractivity contribution >= 4 is 38.2 Å². The van der Waals surface area contributed by atoms with Crippen molar-refractivity contribution in [3.05, 3.63) is 46.5 Å². The molecule has 1 amide bonds. The van der Waals surface area contributed by atoms with E-state index < -0.39 is 15.8 Å². The molecule has 7 nitrogen and oxygen atoms in total. The number of nitrogens with one attached hydrogen (secondary N) is 1. The summed E-state index contributed by atoms with van der Waals surface area (Å²) in [7, 11) is -3.12. The SMILES string of the molecule is CC(=O)Nc1nc(COC(=O)c2ccc(CS(C)(=O)=O)cc2)cs1. The van der Waals surface area contributed by atoms with E-state index in [9.17, 15) is 18.0 Å². The Kier molecular flexibility index (Phi) is 5.68. The number of nitrogens with zero attached hydrogens (tertiary/aromatic N) is 1. The summed E-state index contributed by atoms with van der Waals surface area (Å²) in [6, 6.07) is 6.20. The van der Waals surface area contributed by atoms with E-state index in [1.807, 2.05) is 0 Å². The van der Waals surface area contributed by atoms with E-state index in [0.717, 1.165) is 6.26 Å². The van der Waals surface area contributed by atoms with Crippen LogP contribution < -0.4 is 5.32 Å². The number of thiazole rings is 1. The summed E-state index contributed by atoms with van der Waals surface area (Å²) in [5.41, 5.74) is 1.46. The number of aromatic nitrogens is 1. The van der Waals surface area contributed by atoms with Gasteiger partial charge >= 0.3 is 5.97 Å². The van der Waals surface area contributed by atoms with Crippen molar-refractivity contribution in [1.82, 2.24) is 4.98 Å². The maximum Gasteiger partial charge on any atom is 0.338 e. The molecular weight excluding hydrogens is 352 g/mol. The Morgan fingerprint density at radius 2 is 1.92 bits per heavy atom. The molecule has 0 saturated heterocycles. The highest BCUT2D eigenvalue weighted by molar-refractivity contribution is 7.89. The Bertz CT molecular complexity index is 841. The topological polar surface area (TPSA) is 102 Å². The molecule has 0 aliphatic rings. The molecule has 1 N–H and O–H groups in total. The van der Waals surface area contributed by atoms with Crippen LogP contribution in [-0.4, -0.2) is 31.5 Å². The Balaban J connectivity index is 1.92. The number of hydrogen-bond acceptors (Lipinski definition) is 7. The number of sulfone groups is 1. The van der Waals surface area contributed by atoms with Crippen molar-refractivity contribution in [3.8, 4) is 0 Å². The molecule has 1 aromatic carbocycles. The molecule has 2 aromatic rings. The van der Waals surface area contributed by atoms with Gasteiger partial charge in [0.25, 0.3) is 0 Å². The largest absolute Gasteiger partial charge is 0.456 e. The van der Waals surface area contributed by atoms with Crippen LogP contribution in [0.4, 0.5) is 5.13 Å². The van der Waals surface area contributed by atoms with E-state index in [1.165, 1.54) is 30.4 Å². The lowest BCUT2D eigenvalue weighted by Gasteiger charge is -2.04. The standard InChI is InChI=1S/C15H16N2O5S2/c1-10(18)16-15-17-13(8-23-15)7-22-14(19)12-5-3-11(4-6-12)9-24(2,20)21/h3-6,8H,7,9H2,1-2H3,(H,16,17,18). The lowest BCUT2D eigenvalue weighted by atomic mass is 10.1. The zero-order valence-corrected chi connectivity index (χ0v) is 14.7. The third kappa shape index (κ3) is 5.74. The first-order valence-electron chi connectivity index (χ1n) is 6.89. The number of anilines is 1. The van der Waals surface area contributed by atoms with Gasteiger partial charge in [-0.1, -0.05) is 12.1 Å². The van der Waals surface area contributed by atoms with Gasteiger partial charge in [-0.05, 0) is 17.7 Å². The number of hydrogen-bond donors (Lipinski definition) is 1. The summed E-state index contributed by atoms with van der Waals surface area (Å²) in [5, 5.41) is 4.68. The first kappa shape index (κ1) is 18.1. The Morgan fingerprint density at radius 1 is 1.25 bits per heavy atom. The van der Waals surface area contributed by atoms with E-state index in [0.29, 0.717) is 22.0 Å². The lowest BCUT2D eigenvalue weighted by Crippen LogP contribution is -2.07. The Morgan fingerprint density at radius 3 is 2.50 bits per heavy atom. The van der Waals surface area contributed by atoms with Crippen LogP contribution in [0.25, 0.3) is 0 Å². The number of carbonyl (C=O) groups is 2. The van der Waals surface area contributed by atoms with Gasteiger partial charge in [-0.3, -0.25) is 4.79 Å². The molecule has 0 fully saturated rings. The molecular formula is C15H16N2O5S2. The van der Waals surface area contributed by atoms with Crippen LogP contribution in [0.3, 0.4) is 0 Å². The van der Waals surface area contributed by atoms with Crippen LogP contribution >= 0.6 is 11.3 Å². The lowest BCUT2D eigenvalue weighted by molar-refractivity contribution is -0.114. The number of rotatable bonds is 6. The fourth-order valence-electron chi connectivity index (χ4n) is 1.84. The molecule has 9 heteroatoms. The molecule has 0 unspecified atom stereocenters. The normalized spacial score (nSPS) is 11.1. The third-order valence-electron chi connectivity index (χ3n) is 2.80. The van der Waals surface area contributed by atoms with Crippen LogP contribution in [0.15, 0.2) is 29.6 Å². The van der Waals surface area contributed by atoms with E-state index in [2.05, 4.69) is 10.3 Å². The Labute approximate surface area is 143 Å². The van der Waals surface area contributed by atoms with E-state index in [4.69, 9.17) is 4.74 Å². The predicted molar refractivity (Wildman–Crippen MR) is 90.5 cm³/mol. The molecule has 0 spiro atoms. The molecule has 1 heterocycles. The summed E-state index contributed by atoms with van der Waals surface area (Å²) < 4.78 is 27.6. The molecule has 128 valence electrons. The molecule has 0 atom stereocenters. The van der Waals surface area contributed by atoms with Gasteiger partial charge in [0.1, 0.15) is 6.61 Å². The number of amides is 1. The number of carbonyl (C=O) groups excluding carboxylic acids is 2. The second-order valence-corrected chi connectivity index (χ2v) is 8.17. The smallest absolute Gasteiger partial charge is 0.338 e. The van der Waals surface area contributed by atoms with Crippen molar-refractivity contribution in [2.75, 3.05) is 11.6 Å². The highest BCUT2D eigenvalue weighted by atomic mass is 32.2. The van der Waals surface area contributed by atoms with Crippen LogP contribution in [-0.2, 0) is 31.7 Å². The monoisotopic (exact) mass is 368 g/mol. The minimum Gasteiger partial charge on any atom is -0.456 e. The van der Waals surface area contributed by atoms with Crippen molar-refractivity contribution in [3.63, 3.8) is 0 Å². The second-order valence-electron chi connectivity index (χ2n) is 5.17. The highest BCUT2D eigenvalue weighted by Gasteiger charge is 2.11. The molecule has 0 bridgehead atoms. The van der Waals surface area contributed by atoms with Crippen LogP contribution in [0.2, 0.25) is 0 Å². The minimum atomic E-state index is -3.12. The van der Waals surface area contributed by atoms with Crippen LogP contribution in [0, 0.1) is 0 Å². The van der Waals surface area contributed by atoms with Crippen molar-refractivity contribution in [1.29, 1.82) is 0 Å². The highest BCUT2D eigenvalue weighted by Crippen LogP contribution is 2.16. The summed E-state index contributed by atoms with van der Waals surface area (Å²) in [6.07, 6.45) is 1.15. The molecule has 0 saturated carbocycles. The van der Waals surface area contributed by atoms with Gasteiger partial charge < -0.3 is 10.1 Å². The summed E-state index contributed by atoms with van der Waals surface area (Å²) >= 11 is 1.24. The summed E-state index contributed by atoms with van der Waals surface area (Å²) in [4.78, 5) is 27.0. The van der Waals surface area contributed by atoms with Crippen molar-refractivity contribution in [2.24, 2.45) is 0 Å². The van der Waals surface area contributed by atoms with Gasteiger partial charge in [0.05, 0.1) is 17.0 Å². The van der Waals surface area contributed by atoms with Crippen LogP contribution in [0.1, 0.15) is 28.5 Å². The predicted octanol–water partition coefficient (Wildman–Crippen LogP) is 2.00. The van der Waals surface area contributed by atoms with Gasteiger partial charge in [-0.15, -0.1) is 11.3 Å². The first-order valence-corrected chi connectivity index (χ1v) is 9.83. The molecule has 1 aromatic heterocycles. The zero-order valence-electron chi connectivity index (χ0n) is 13.1. The third-order valence-corrected chi connectivity index (χ3v) is 4.47. The number of esters is 1. The molecule has 24 heavy (non-hydrogen) atoms. The van der Waals surface area contributed by atoms with E-state index in [1.54, 1.807) is 17.5 Å². The zero-order chi connectivity index (χ0) is 17.7. The molecule has 0 aliphatic carbocycles. The van der Waals surface area contributed by atoms with Crippen LogP contribution in [0.5, 0.6) is 0 Å². The maximum absolute atomic E-state index is 12.0. The Hall–Kier alpha value is -2.26. The van der Waals surface area contributed by atoms with Crippen molar-refractivity contribution < 1.29 is 22.7 Å². The minimum absolute atomic E-state index is 0.0139. The molecule has 2 rings (SSSR count). The van der Waals surface area contributed by atoms with Gasteiger partial charge in [0, 0.05) is 18.6 Å². The number of ether oxygens (including phenoxy) is 1. The van der Waals surface area contributed by atoms with Crippen molar-refractivity contribution in [2.45, 2.75) is 19.3 Å². The molecule has 0 radical (unpaired) electrons. The maximum atomic E-state index is 12.0. The van der Waals surface area contributed by atoms with Gasteiger partial charge in [0.2, 0.25) is 5.91 Å². The quantitative estimate of drug-likeness (QED) is 0.783. The first-order chi connectivity index (χ1) is 11.2. The summed E-state index contributed by atoms with van der Waals surface area (Å²) in [5.74, 6) is -0.829. The fraction of sp³-hybridized carbons (Fsp3) is 0.267. The van der Waals surface area contributed by atoms with Gasteiger partial charge in [-0.25, -0.2) is 18.2 Å². The van der Waals surface area contributed by atoms with Gasteiger partial charge in [-0.2, -0.15) is 0 Å².